The molecule has 4 nitrogen and oxygen atoms in total. The van der Waals surface area contributed by atoms with Gasteiger partial charge in [-0.2, -0.15) is 0 Å². The number of amides is 1. The van der Waals surface area contributed by atoms with E-state index in [9.17, 15) is 9.90 Å². The summed E-state index contributed by atoms with van der Waals surface area (Å²) in [5.41, 5.74) is 0.329. The van der Waals surface area contributed by atoms with Crippen molar-refractivity contribution in [2.75, 3.05) is 11.9 Å². The first-order valence-electron chi connectivity index (χ1n) is 5.72. The molecule has 2 rings (SSSR count). The number of anilines is 1. The highest BCUT2D eigenvalue weighted by Crippen LogP contribution is 2.26. The van der Waals surface area contributed by atoms with E-state index in [1.165, 1.54) is 12.1 Å². The van der Waals surface area contributed by atoms with E-state index in [4.69, 9.17) is 27.9 Å². The molecule has 0 saturated heterocycles. The summed E-state index contributed by atoms with van der Waals surface area (Å²) in [4.78, 5) is 11.7. The van der Waals surface area contributed by atoms with Crippen molar-refractivity contribution in [1.29, 1.82) is 0 Å². The number of ether oxygens (including phenoxy) is 1. The summed E-state index contributed by atoms with van der Waals surface area (Å²) >= 11 is 11.6. The van der Waals surface area contributed by atoms with E-state index >= 15 is 0 Å². The van der Waals surface area contributed by atoms with Crippen molar-refractivity contribution in [3.8, 4) is 11.5 Å². The van der Waals surface area contributed by atoms with E-state index in [1.54, 1.807) is 30.3 Å². The Morgan fingerprint density at radius 1 is 1.15 bits per heavy atom. The molecule has 0 aromatic heterocycles. The number of rotatable bonds is 4. The van der Waals surface area contributed by atoms with Crippen LogP contribution in [-0.2, 0) is 4.79 Å². The number of nitrogens with one attached hydrogen (secondary N) is 1. The number of aromatic hydroxyl groups is 1. The number of carbonyl (C=O) groups is 1. The quantitative estimate of drug-likeness (QED) is 0.846. The summed E-state index contributed by atoms with van der Waals surface area (Å²) in [5, 5.41) is 12.8. The summed E-state index contributed by atoms with van der Waals surface area (Å²) < 4.78 is 5.28. The topological polar surface area (TPSA) is 58.6 Å². The second kappa shape index (κ2) is 6.50. The highest BCUT2D eigenvalue weighted by atomic mass is 35.5. The van der Waals surface area contributed by atoms with E-state index in [-0.39, 0.29) is 12.4 Å². The molecule has 20 heavy (non-hydrogen) atoms. The lowest BCUT2D eigenvalue weighted by Crippen LogP contribution is -2.20. The van der Waals surface area contributed by atoms with Crippen LogP contribution in [0.25, 0.3) is 0 Å². The molecule has 2 aromatic rings. The molecule has 2 N–H and O–H groups in total. The zero-order valence-electron chi connectivity index (χ0n) is 10.3. The van der Waals surface area contributed by atoms with Gasteiger partial charge in [-0.15, -0.1) is 0 Å². The Kier molecular flexibility index (Phi) is 4.71. The van der Waals surface area contributed by atoms with Crippen molar-refractivity contribution in [3.63, 3.8) is 0 Å². The third-order valence-electron chi connectivity index (χ3n) is 2.44. The number of para-hydroxylation sites is 2. The zero-order chi connectivity index (χ0) is 14.5. The van der Waals surface area contributed by atoms with Gasteiger partial charge in [-0.25, -0.2) is 0 Å². The molecular weight excluding hydrogens is 301 g/mol. The summed E-state index contributed by atoms with van der Waals surface area (Å²) in [6, 6.07) is 11.2. The van der Waals surface area contributed by atoms with Gasteiger partial charge in [-0.05, 0) is 24.3 Å². The van der Waals surface area contributed by atoms with Gasteiger partial charge in [0.05, 0.1) is 15.7 Å². The van der Waals surface area contributed by atoms with Crippen molar-refractivity contribution >= 4 is 34.8 Å². The minimum absolute atomic E-state index is 0.00427. The van der Waals surface area contributed by atoms with Crippen LogP contribution < -0.4 is 10.1 Å². The van der Waals surface area contributed by atoms with Gasteiger partial charge in [0.25, 0.3) is 5.91 Å². The molecular formula is C14H11Cl2NO3. The second-order valence-electron chi connectivity index (χ2n) is 3.93. The first-order valence-corrected chi connectivity index (χ1v) is 6.47. The molecule has 0 aliphatic heterocycles. The fourth-order valence-electron chi connectivity index (χ4n) is 1.48. The maximum Gasteiger partial charge on any atom is 0.262 e. The number of halogens is 2. The molecule has 104 valence electrons. The van der Waals surface area contributed by atoms with Gasteiger partial charge in [0.15, 0.2) is 6.61 Å². The number of hydrogen-bond acceptors (Lipinski definition) is 3. The molecule has 6 heteroatoms. The van der Waals surface area contributed by atoms with Gasteiger partial charge in [0.2, 0.25) is 0 Å². The van der Waals surface area contributed by atoms with E-state index in [1.807, 2.05) is 0 Å². The van der Waals surface area contributed by atoms with E-state index in [2.05, 4.69) is 5.32 Å². The van der Waals surface area contributed by atoms with Crippen LogP contribution in [0.3, 0.4) is 0 Å². The highest BCUT2D eigenvalue weighted by molar-refractivity contribution is 6.42. The zero-order valence-corrected chi connectivity index (χ0v) is 11.8. The molecule has 0 unspecified atom stereocenters. The van der Waals surface area contributed by atoms with Gasteiger partial charge < -0.3 is 15.2 Å². The molecule has 0 bridgehead atoms. The molecule has 0 aliphatic carbocycles. The average Bonchev–Trinajstić information content (AvgIpc) is 2.43. The van der Waals surface area contributed by atoms with E-state index in [0.717, 1.165) is 0 Å². The SMILES string of the molecule is O=C(COc1ccc(Cl)c(Cl)c1)Nc1ccccc1O. The van der Waals surface area contributed by atoms with Crippen molar-refractivity contribution in [2.45, 2.75) is 0 Å². The summed E-state index contributed by atoms with van der Waals surface area (Å²) in [5.74, 6) is 0.0415. The van der Waals surface area contributed by atoms with Crippen LogP contribution in [-0.4, -0.2) is 17.6 Å². The van der Waals surface area contributed by atoms with Crippen molar-refractivity contribution in [2.24, 2.45) is 0 Å². The van der Waals surface area contributed by atoms with Crippen molar-refractivity contribution in [1.82, 2.24) is 0 Å². The minimum Gasteiger partial charge on any atom is -0.506 e. The molecule has 0 radical (unpaired) electrons. The fraction of sp³-hybridized carbons (Fsp3) is 0.0714. The van der Waals surface area contributed by atoms with E-state index in [0.29, 0.717) is 21.5 Å². The normalized spacial score (nSPS) is 10.1. The Hall–Kier alpha value is -1.91. The van der Waals surface area contributed by atoms with E-state index < -0.39 is 5.91 Å². The van der Waals surface area contributed by atoms with Crippen LogP contribution in [0.15, 0.2) is 42.5 Å². The number of benzene rings is 2. The predicted octanol–water partition coefficient (Wildman–Crippen LogP) is 3.72. The molecule has 0 spiro atoms. The largest absolute Gasteiger partial charge is 0.506 e. The summed E-state index contributed by atoms with van der Waals surface area (Å²) in [6.07, 6.45) is 0. The third kappa shape index (κ3) is 3.79. The van der Waals surface area contributed by atoms with Crippen LogP contribution in [0.4, 0.5) is 5.69 Å². The standard InChI is InChI=1S/C14H11Cl2NO3/c15-10-6-5-9(7-11(10)16)20-8-14(19)17-12-3-1-2-4-13(12)18/h1-7,18H,8H2,(H,17,19). The Morgan fingerprint density at radius 2 is 1.90 bits per heavy atom. The Bertz CT molecular complexity index is 632. The molecule has 0 fully saturated rings. The molecule has 0 heterocycles. The third-order valence-corrected chi connectivity index (χ3v) is 3.18. The first-order chi connectivity index (χ1) is 9.56. The Labute approximate surface area is 125 Å². The molecule has 0 atom stereocenters. The Morgan fingerprint density at radius 3 is 2.60 bits per heavy atom. The number of hydrogen-bond donors (Lipinski definition) is 2. The fourth-order valence-corrected chi connectivity index (χ4v) is 1.77. The van der Waals surface area contributed by atoms with Gasteiger partial charge in [-0.1, -0.05) is 35.3 Å². The van der Waals surface area contributed by atoms with Crippen LogP contribution in [0.1, 0.15) is 0 Å². The predicted molar refractivity (Wildman–Crippen MR) is 78.7 cm³/mol. The van der Waals surface area contributed by atoms with Gasteiger partial charge in [0.1, 0.15) is 11.5 Å². The van der Waals surface area contributed by atoms with Crippen LogP contribution >= 0.6 is 23.2 Å². The summed E-state index contributed by atoms with van der Waals surface area (Å²) in [6.45, 7) is -0.202. The van der Waals surface area contributed by atoms with Gasteiger partial charge in [0, 0.05) is 6.07 Å². The van der Waals surface area contributed by atoms with Crippen LogP contribution in [0.2, 0.25) is 10.0 Å². The number of phenolic OH excluding ortho intramolecular Hbond substituents is 1. The molecule has 0 saturated carbocycles. The second-order valence-corrected chi connectivity index (χ2v) is 4.74. The van der Waals surface area contributed by atoms with Crippen LogP contribution in [0, 0.1) is 0 Å². The molecule has 0 aliphatic rings. The lowest BCUT2D eigenvalue weighted by molar-refractivity contribution is -0.118. The highest BCUT2D eigenvalue weighted by Gasteiger charge is 2.07. The first kappa shape index (κ1) is 14.5. The minimum atomic E-state index is -0.391. The smallest absolute Gasteiger partial charge is 0.262 e. The molecule has 2 aromatic carbocycles. The van der Waals surface area contributed by atoms with Crippen molar-refractivity contribution in [3.05, 3.63) is 52.5 Å². The van der Waals surface area contributed by atoms with Crippen LogP contribution in [0.5, 0.6) is 11.5 Å². The van der Waals surface area contributed by atoms with Crippen molar-refractivity contribution < 1.29 is 14.6 Å². The lowest BCUT2D eigenvalue weighted by Gasteiger charge is -2.09. The lowest BCUT2D eigenvalue weighted by atomic mass is 10.3. The Balaban J connectivity index is 1.92. The number of phenols is 1. The monoisotopic (exact) mass is 311 g/mol. The average molecular weight is 312 g/mol. The number of carbonyl (C=O) groups excluding carboxylic acids is 1. The maximum atomic E-state index is 11.7. The molecule has 1 amide bonds. The summed E-state index contributed by atoms with van der Waals surface area (Å²) in [7, 11) is 0. The van der Waals surface area contributed by atoms with Gasteiger partial charge in [-0.3, -0.25) is 4.79 Å². The maximum absolute atomic E-state index is 11.7. The van der Waals surface area contributed by atoms with Gasteiger partial charge >= 0.3 is 0 Å².